The third-order valence-corrected chi connectivity index (χ3v) is 6.96. The summed E-state index contributed by atoms with van der Waals surface area (Å²) >= 11 is 0. The van der Waals surface area contributed by atoms with E-state index in [0.29, 0.717) is 0 Å². The molecule has 0 saturated carbocycles. The van der Waals surface area contributed by atoms with Gasteiger partial charge in [-0.1, -0.05) is 158 Å². The predicted octanol–water partition coefficient (Wildman–Crippen LogP) is 9.95. The first-order valence-electron chi connectivity index (χ1n) is 12.8. The number of hydrogen-bond donors (Lipinski definition) is 0. The summed E-state index contributed by atoms with van der Waals surface area (Å²) < 4.78 is 0. The van der Waals surface area contributed by atoms with Crippen molar-refractivity contribution in [1.82, 2.24) is 0 Å². The Labute approximate surface area is 219 Å². The van der Waals surface area contributed by atoms with Gasteiger partial charge in [-0.25, -0.2) is 0 Å². The van der Waals surface area contributed by atoms with Crippen molar-refractivity contribution in [2.24, 2.45) is 0 Å². The van der Waals surface area contributed by atoms with Gasteiger partial charge in [0.15, 0.2) is 0 Å². The molecule has 37 heavy (non-hydrogen) atoms. The van der Waals surface area contributed by atoms with E-state index >= 15 is 0 Å². The van der Waals surface area contributed by atoms with E-state index in [2.05, 4.69) is 158 Å². The van der Waals surface area contributed by atoms with Crippen molar-refractivity contribution in [3.8, 4) is 44.5 Å². The van der Waals surface area contributed by atoms with Crippen LogP contribution in [-0.2, 0) is 6.42 Å². The van der Waals surface area contributed by atoms with Gasteiger partial charge in [-0.15, -0.1) is 0 Å². The Bertz CT molecular complexity index is 1470. The van der Waals surface area contributed by atoms with E-state index in [0.717, 1.165) is 6.42 Å². The molecule has 0 saturated heterocycles. The van der Waals surface area contributed by atoms with Gasteiger partial charge >= 0.3 is 0 Å². The van der Waals surface area contributed by atoms with Gasteiger partial charge in [0.2, 0.25) is 0 Å². The molecule has 0 aliphatic rings. The van der Waals surface area contributed by atoms with Gasteiger partial charge in [-0.2, -0.15) is 0 Å². The van der Waals surface area contributed by atoms with Crippen LogP contribution in [0.2, 0.25) is 0 Å². The van der Waals surface area contributed by atoms with Crippen LogP contribution in [0.1, 0.15) is 11.1 Å². The average Bonchev–Trinajstić information content (AvgIpc) is 2.99. The molecule has 6 rings (SSSR count). The molecular formula is C37H28. The highest BCUT2D eigenvalue weighted by Gasteiger charge is 2.09. The van der Waals surface area contributed by atoms with E-state index in [-0.39, 0.29) is 0 Å². The van der Waals surface area contributed by atoms with Crippen molar-refractivity contribution in [2.45, 2.75) is 6.42 Å². The van der Waals surface area contributed by atoms with Crippen LogP contribution in [0, 0.1) is 0 Å². The minimum atomic E-state index is 0.918. The Morgan fingerprint density at radius 1 is 0.243 bits per heavy atom. The number of benzene rings is 6. The van der Waals surface area contributed by atoms with E-state index in [1.165, 1.54) is 55.6 Å². The molecule has 0 nitrogen and oxygen atoms in total. The molecule has 0 bridgehead atoms. The van der Waals surface area contributed by atoms with Gasteiger partial charge in [0, 0.05) is 0 Å². The molecule has 0 amide bonds. The SMILES string of the molecule is c1ccc(-c2ccccc2-c2ccc(Cc3ccc(-c4ccccc4-c4ccccc4)cc3)cc2)cc1. The third kappa shape index (κ3) is 5.01. The summed E-state index contributed by atoms with van der Waals surface area (Å²) in [4.78, 5) is 0. The fraction of sp³-hybridized carbons (Fsp3) is 0.0270. The molecule has 0 spiro atoms. The fourth-order valence-electron chi connectivity index (χ4n) is 5.05. The topological polar surface area (TPSA) is 0 Å². The quantitative estimate of drug-likeness (QED) is 0.226. The maximum Gasteiger partial charge on any atom is -0.00258 e. The third-order valence-electron chi connectivity index (χ3n) is 6.96. The summed E-state index contributed by atoms with van der Waals surface area (Å²) in [5, 5.41) is 0. The van der Waals surface area contributed by atoms with Crippen LogP contribution in [0.15, 0.2) is 158 Å². The van der Waals surface area contributed by atoms with E-state index in [9.17, 15) is 0 Å². The molecule has 0 fully saturated rings. The standard InChI is InChI=1S/C37H28/c1-3-11-30(12-4-1)34-15-7-9-17-36(34)32-23-19-28(20-24-32)27-29-21-25-33(26-22-29)37-18-10-8-16-35(37)31-13-5-2-6-14-31/h1-26H,27H2. The lowest BCUT2D eigenvalue weighted by Gasteiger charge is -2.12. The van der Waals surface area contributed by atoms with Crippen molar-refractivity contribution in [1.29, 1.82) is 0 Å². The van der Waals surface area contributed by atoms with Crippen molar-refractivity contribution < 1.29 is 0 Å². The van der Waals surface area contributed by atoms with E-state index < -0.39 is 0 Å². The number of hydrogen-bond acceptors (Lipinski definition) is 0. The fourth-order valence-corrected chi connectivity index (χ4v) is 5.05. The van der Waals surface area contributed by atoms with E-state index in [4.69, 9.17) is 0 Å². The zero-order valence-corrected chi connectivity index (χ0v) is 20.7. The summed E-state index contributed by atoms with van der Waals surface area (Å²) in [6.45, 7) is 0. The Morgan fingerprint density at radius 2 is 0.514 bits per heavy atom. The van der Waals surface area contributed by atoms with Crippen LogP contribution < -0.4 is 0 Å². The number of rotatable bonds is 6. The van der Waals surface area contributed by atoms with E-state index in [1.807, 2.05) is 0 Å². The maximum atomic E-state index is 2.26. The molecule has 0 unspecified atom stereocenters. The maximum absolute atomic E-state index is 2.26. The molecule has 0 N–H and O–H groups in total. The summed E-state index contributed by atoms with van der Waals surface area (Å²) in [6, 6.07) is 56.6. The highest BCUT2D eigenvalue weighted by molar-refractivity contribution is 5.84. The van der Waals surface area contributed by atoms with Gasteiger partial charge in [-0.05, 0) is 62.1 Å². The summed E-state index contributed by atoms with van der Waals surface area (Å²) in [6.07, 6.45) is 0.918. The van der Waals surface area contributed by atoms with Crippen LogP contribution >= 0.6 is 0 Å². The highest BCUT2D eigenvalue weighted by Crippen LogP contribution is 2.33. The van der Waals surface area contributed by atoms with Gasteiger partial charge in [0.25, 0.3) is 0 Å². The first kappa shape index (κ1) is 22.8. The zero-order chi connectivity index (χ0) is 24.9. The molecule has 0 radical (unpaired) electrons. The minimum absolute atomic E-state index is 0.918. The Hall–Kier alpha value is -4.68. The minimum Gasteiger partial charge on any atom is -0.0622 e. The Kier molecular flexibility index (Phi) is 6.47. The van der Waals surface area contributed by atoms with Crippen LogP contribution in [0.3, 0.4) is 0 Å². The first-order valence-corrected chi connectivity index (χ1v) is 12.8. The summed E-state index contributed by atoms with van der Waals surface area (Å²) in [5.74, 6) is 0. The van der Waals surface area contributed by atoms with Crippen molar-refractivity contribution in [2.75, 3.05) is 0 Å². The first-order chi connectivity index (χ1) is 18.3. The van der Waals surface area contributed by atoms with Gasteiger partial charge in [-0.3, -0.25) is 0 Å². The molecule has 0 aliphatic carbocycles. The predicted molar refractivity (Wildman–Crippen MR) is 157 cm³/mol. The van der Waals surface area contributed by atoms with Crippen LogP contribution in [0.4, 0.5) is 0 Å². The monoisotopic (exact) mass is 472 g/mol. The molecule has 0 atom stereocenters. The molecule has 6 aromatic rings. The van der Waals surface area contributed by atoms with Crippen LogP contribution in [0.25, 0.3) is 44.5 Å². The van der Waals surface area contributed by atoms with Crippen molar-refractivity contribution >= 4 is 0 Å². The van der Waals surface area contributed by atoms with Gasteiger partial charge in [0.1, 0.15) is 0 Å². The molecule has 0 aromatic heterocycles. The molecule has 0 heteroatoms. The second-order valence-corrected chi connectivity index (χ2v) is 9.39. The van der Waals surface area contributed by atoms with Gasteiger partial charge in [0.05, 0.1) is 0 Å². The second kappa shape index (κ2) is 10.5. The lowest BCUT2D eigenvalue weighted by Crippen LogP contribution is -1.90. The summed E-state index contributed by atoms with van der Waals surface area (Å²) in [5.41, 5.74) is 12.7. The average molecular weight is 473 g/mol. The largest absolute Gasteiger partial charge is 0.0622 e. The van der Waals surface area contributed by atoms with Crippen molar-refractivity contribution in [3.63, 3.8) is 0 Å². The zero-order valence-electron chi connectivity index (χ0n) is 20.7. The Balaban J connectivity index is 1.22. The van der Waals surface area contributed by atoms with Crippen molar-refractivity contribution in [3.05, 3.63) is 169 Å². The normalized spacial score (nSPS) is 10.8. The summed E-state index contributed by atoms with van der Waals surface area (Å²) in [7, 11) is 0. The lowest BCUT2D eigenvalue weighted by molar-refractivity contribution is 1.19. The molecule has 0 aliphatic heterocycles. The van der Waals surface area contributed by atoms with Crippen LogP contribution in [-0.4, -0.2) is 0 Å². The van der Waals surface area contributed by atoms with E-state index in [1.54, 1.807) is 0 Å². The molecule has 176 valence electrons. The molecular weight excluding hydrogens is 444 g/mol. The lowest BCUT2D eigenvalue weighted by atomic mass is 9.92. The second-order valence-electron chi connectivity index (χ2n) is 9.39. The highest BCUT2D eigenvalue weighted by atomic mass is 14.1. The Morgan fingerprint density at radius 3 is 0.838 bits per heavy atom. The molecule has 6 aromatic carbocycles. The van der Waals surface area contributed by atoms with Gasteiger partial charge < -0.3 is 0 Å². The molecule has 0 heterocycles. The van der Waals surface area contributed by atoms with Crippen LogP contribution in [0.5, 0.6) is 0 Å². The smallest absolute Gasteiger partial charge is 0.00258 e.